The molecule has 0 amide bonds. The summed E-state index contributed by atoms with van der Waals surface area (Å²) in [5.74, 6) is 0.208. The number of nitrogens with one attached hydrogen (secondary N) is 1. The number of aliphatic hydroxyl groups excluding tert-OH is 1. The van der Waals surface area contributed by atoms with Crippen molar-refractivity contribution < 1.29 is 10.0 Å². The first-order valence-electron chi connectivity index (χ1n) is 7.54. The van der Waals surface area contributed by atoms with Gasteiger partial charge in [0.15, 0.2) is 0 Å². The molecule has 0 saturated carbocycles. The van der Waals surface area contributed by atoms with Crippen LogP contribution in [0.15, 0.2) is 30.3 Å². The minimum Gasteiger partial charge on any atom is -0.392 e. The molecule has 0 aliphatic rings. The molecule has 2 N–H and O–H groups in total. The average Bonchev–Trinajstić information content (AvgIpc) is 2.46. The van der Waals surface area contributed by atoms with Crippen LogP contribution in [-0.4, -0.2) is 29.2 Å². The molecule has 1 unspecified atom stereocenters. The zero-order chi connectivity index (χ0) is 16.8. The summed E-state index contributed by atoms with van der Waals surface area (Å²) in [6.07, 6.45) is 3.23. The maximum Gasteiger partial charge on any atom is 0.276 e. The van der Waals surface area contributed by atoms with Gasteiger partial charge in [-0.3, -0.25) is 10.1 Å². The highest BCUT2D eigenvalue weighted by molar-refractivity contribution is 5.60. The summed E-state index contributed by atoms with van der Waals surface area (Å²) in [5.41, 5.74) is 0.478. The van der Waals surface area contributed by atoms with Gasteiger partial charge in [0, 0.05) is 24.6 Å². The summed E-state index contributed by atoms with van der Waals surface area (Å²) < 4.78 is 0. The lowest BCUT2D eigenvalue weighted by atomic mass is 9.81. The summed E-state index contributed by atoms with van der Waals surface area (Å²) in [6, 6.07) is 6.65. The first-order chi connectivity index (χ1) is 10.3. The molecule has 122 valence electrons. The van der Waals surface area contributed by atoms with Crippen molar-refractivity contribution in [1.82, 2.24) is 5.32 Å². The van der Waals surface area contributed by atoms with E-state index in [9.17, 15) is 15.2 Å². The quantitative estimate of drug-likeness (QED) is 0.439. The van der Waals surface area contributed by atoms with Gasteiger partial charge in [0.25, 0.3) is 5.69 Å². The number of para-hydroxylation sites is 1. The number of aliphatic hydroxyl groups is 1. The molecular formula is C17H26N2O3. The van der Waals surface area contributed by atoms with E-state index in [-0.39, 0.29) is 28.0 Å². The van der Waals surface area contributed by atoms with Gasteiger partial charge in [-0.05, 0) is 12.0 Å². The molecule has 1 aromatic rings. The van der Waals surface area contributed by atoms with Crippen molar-refractivity contribution in [3.63, 3.8) is 0 Å². The van der Waals surface area contributed by atoms with Gasteiger partial charge in [0.05, 0.1) is 16.6 Å². The van der Waals surface area contributed by atoms with Crippen LogP contribution < -0.4 is 5.32 Å². The molecule has 0 heterocycles. The lowest BCUT2D eigenvalue weighted by molar-refractivity contribution is -0.385. The highest BCUT2D eigenvalue weighted by atomic mass is 16.6. The Kier molecular flexibility index (Phi) is 6.71. The molecule has 5 nitrogen and oxygen atoms in total. The Balaban J connectivity index is 2.53. The van der Waals surface area contributed by atoms with Crippen LogP contribution in [-0.2, 0) is 0 Å². The molecule has 5 heteroatoms. The number of nitrogens with zero attached hydrogens (tertiary/aromatic N) is 1. The second kappa shape index (κ2) is 8.06. The van der Waals surface area contributed by atoms with Gasteiger partial charge in [-0.25, -0.2) is 0 Å². The zero-order valence-electron chi connectivity index (χ0n) is 13.7. The first-order valence-corrected chi connectivity index (χ1v) is 7.54. The van der Waals surface area contributed by atoms with Gasteiger partial charge in [-0.15, -0.1) is 0 Å². The maximum atomic E-state index is 10.9. The number of nitro benzene ring substituents is 1. The molecule has 22 heavy (non-hydrogen) atoms. The average molecular weight is 306 g/mol. The molecule has 0 radical (unpaired) electrons. The lowest BCUT2D eigenvalue weighted by Crippen LogP contribution is -2.41. The Hall–Kier alpha value is -1.72. The predicted octanol–water partition coefficient (Wildman–Crippen LogP) is 3.24. The van der Waals surface area contributed by atoms with E-state index in [0.717, 1.165) is 0 Å². The Labute approximate surface area is 132 Å². The van der Waals surface area contributed by atoms with Crippen molar-refractivity contribution >= 4 is 11.8 Å². The summed E-state index contributed by atoms with van der Waals surface area (Å²) in [6.45, 7) is 9.32. The van der Waals surface area contributed by atoms with Gasteiger partial charge in [-0.1, -0.05) is 52.0 Å². The topological polar surface area (TPSA) is 75.4 Å². The highest BCUT2D eigenvalue weighted by Gasteiger charge is 2.29. The minimum absolute atomic E-state index is 0.106. The van der Waals surface area contributed by atoms with Crippen LogP contribution in [0.1, 0.15) is 33.3 Å². The van der Waals surface area contributed by atoms with E-state index in [4.69, 9.17) is 0 Å². The van der Waals surface area contributed by atoms with Crippen molar-refractivity contribution in [2.75, 3.05) is 13.1 Å². The fourth-order valence-electron chi connectivity index (χ4n) is 2.47. The van der Waals surface area contributed by atoms with E-state index in [0.29, 0.717) is 18.7 Å². The molecule has 0 aliphatic heterocycles. The summed E-state index contributed by atoms with van der Waals surface area (Å²) in [7, 11) is 0. The monoisotopic (exact) mass is 306 g/mol. The molecule has 0 saturated heterocycles. The van der Waals surface area contributed by atoms with Gasteiger partial charge in [0.2, 0.25) is 0 Å². The van der Waals surface area contributed by atoms with E-state index in [1.54, 1.807) is 24.3 Å². The number of benzene rings is 1. The van der Waals surface area contributed by atoms with E-state index < -0.39 is 0 Å². The zero-order valence-corrected chi connectivity index (χ0v) is 13.7. The smallest absolute Gasteiger partial charge is 0.276 e. The van der Waals surface area contributed by atoms with Crippen molar-refractivity contribution in [3.8, 4) is 0 Å². The molecular weight excluding hydrogens is 280 g/mol. The van der Waals surface area contributed by atoms with Crippen LogP contribution in [0.4, 0.5) is 5.69 Å². The Morgan fingerprint density at radius 1 is 1.36 bits per heavy atom. The van der Waals surface area contributed by atoms with E-state index in [1.165, 1.54) is 6.07 Å². The third-order valence-corrected chi connectivity index (χ3v) is 3.71. The van der Waals surface area contributed by atoms with Gasteiger partial charge in [0.1, 0.15) is 0 Å². The largest absolute Gasteiger partial charge is 0.392 e. The Bertz CT molecular complexity index is 524. The minimum atomic E-state index is -0.380. The normalized spacial score (nSPS) is 13.7. The molecule has 0 fully saturated rings. The van der Waals surface area contributed by atoms with Crippen molar-refractivity contribution in [2.24, 2.45) is 11.3 Å². The summed E-state index contributed by atoms with van der Waals surface area (Å²) in [5, 5.41) is 24.3. The van der Waals surface area contributed by atoms with Gasteiger partial charge >= 0.3 is 0 Å². The van der Waals surface area contributed by atoms with Gasteiger partial charge in [-0.2, -0.15) is 0 Å². The second-order valence-corrected chi connectivity index (χ2v) is 6.53. The summed E-state index contributed by atoms with van der Waals surface area (Å²) >= 11 is 0. The van der Waals surface area contributed by atoms with Gasteiger partial charge < -0.3 is 10.4 Å². The van der Waals surface area contributed by atoms with E-state index in [1.807, 2.05) is 33.8 Å². The molecule has 1 aromatic carbocycles. The highest BCUT2D eigenvalue weighted by Crippen LogP contribution is 2.25. The van der Waals surface area contributed by atoms with Crippen molar-refractivity contribution in [2.45, 2.75) is 33.8 Å². The molecule has 1 rings (SSSR count). The van der Waals surface area contributed by atoms with Crippen LogP contribution in [0.2, 0.25) is 0 Å². The molecule has 0 bridgehead atoms. The SMILES string of the molecule is CC(C)C(O)C(C)(C)CNC/C=C/c1ccccc1[N+](=O)[O-]. The molecule has 1 atom stereocenters. The fraction of sp³-hybridized carbons (Fsp3) is 0.529. The number of hydrogen-bond donors (Lipinski definition) is 2. The molecule has 0 aromatic heterocycles. The number of hydrogen-bond acceptors (Lipinski definition) is 4. The third-order valence-electron chi connectivity index (χ3n) is 3.71. The first kappa shape index (κ1) is 18.3. The van der Waals surface area contributed by atoms with Crippen molar-refractivity contribution in [3.05, 3.63) is 46.0 Å². The van der Waals surface area contributed by atoms with E-state index >= 15 is 0 Å². The number of nitro groups is 1. The van der Waals surface area contributed by atoms with Crippen LogP contribution in [0.5, 0.6) is 0 Å². The predicted molar refractivity (Wildman–Crippen MR) is 89.6 cm³/mol. The molecule has 0 spiro atoms. The third kappa shape index (κ3) is 5.24. The van der Waals surface area contributed by atoms with Crippen LogP contribution in [0.3, 0.4) is 0 Å². The fourth-order valence-corrected chi connectivity index (χ4v) is 2.47. The van der Waals surface area contributed by atoms with E-state index in [2.05, 4.69) is 5.32 Å². The van der Waals surface area contributed by atoms with Crippen LogP contribution in [0, 0.1) is 21.4 Å². The van der Waals surface area contributed by atoms with Crippen molar-refractivity contribution in [1.29, 1.82) is 0 Å². The second-order valence-electron chi connectivity index (χ2n) is 6.53. The summed E-state index contributed by atoms with van der Waals surface area (Å²) in [4.78, 5) is 10.5. The molecule has 0 aliphatic carbocycles. The lowest BCUT2D eigenvalue weighted by Gasteiger charge is -2.33. The Morgan fingerprint density at radius 2 is 2.00 bits per heavy atom. The van der Waals surface area contributed by atoms with Crippen LogP contribution in [0.25, 0.3) is 6.08 Å². The number of rotatable bonds is 8. The Morgan fingerprint density at radius 3 is 2.59 bits per heavy atom. The standard InChI is InChI=1S/C17H26N2O3/c1-13(2)16(20)17(3,4)12-18-11-7-9-14-8-5-6-10-15(14)19(21)22/h5-10,13,16,18,20H,11-12H2,1-4H3/b9-7+. The maximum absolute atomic E-state index is 10.9. The van der Waals surface area contributed by atoms with Crippen LogP contribution >= 0.6 is 0 Å².